The second-order valence-electron chi connectivity index (χ2n) is 8.26. The molecule has 5 rings (SSSR count). The number of benzene rings is 1. The zero-order valence-corrected chi connectivity index (χ0v) is 18.5. The molecule has 1 saturated heterocycles. The van der Waals surface area contributed by atoms with Crippen molar-refractivity contribution in [2.45, 2.75) is 19.8 Å². The average molecular weight is 443 g/mol. The van der Waals surface area contributed by atoms with Crippen LogP contribution in [0.4, 0.5) is 11.5 Å². The Balaban J connectivity index is 1.41. The molecule has 4 aromatic rings. The molecule has 8 nitrogen and oxygen atoms in total. The molecule has 1 aliphatic rings. The van der Waals surface area contributed by atoms with Crippen molar-refractivity contribution in [1.82, 2.24) is 24.8 Å². The molecule has 0 spiro atoms. The Morgan fingerprint density at radius 1 is 1.12 bits per heavy atom. The molecule has 0 unspecified atom stereocenters. The monoisotopic (exact) mass is 442 g/mol. The van der Waals surface area contributed by atoms with Crippen LogP contribution in [0.3, 0.4) is 0 Å². The topological polar surface area (TPSA) is 96.0 Å². The Morgan fingerprint density at radius 3 is 2.73 bits per heavy atom. The molecule has 1 fully saturated rings. The van der Waals surface area contributed by atoms with Gasteiger partial charge in [-0.05, 0) is 74.1 Å². The Bertz CT molecular complexity index is 1320. The van der Waals surface area contributed by atoms with Crippen molar-refractivity contribution in [3.8, 4) is 17.0 Å². The number of fused-ring (bicyclic) bond motifs is 1. The minimum atomic E-state index is -0.197. The summed E-state index contributed by atoms with van der Waals surface area (Å²) in [6.07, 6.45) is 9.09. The van der Waals surface area contributed by atoms with E-state index in [1.165, 1.54) is 32.3 Å². The normalized spacial score (nSPS) is 14.0. The van der Waals surface area contributed by atoms with Gasteiger partial charge >= 0.3 is 0 Å². The Hall–Kier alpha value is -3.78. The maximum atomic E-state index is 12.6. The summed E-state index contributed by atoms with van der Waals surface area (Å²) in [5.41, 5.74) is 3.12. The molecule has 3 aromatic heterocycles. The van der Waals surface area contributed by atoms with Crippen LogP contribution in [-0.4, -0.2) is 51.1 Å². The molecule has 168 valence electrons. The smallest absolute Gasteiger partial charge is 0.259 e. The van der Waals surface area contributed by atoms with E-state index in [-0.39, 0.29) is 5.56 Å². The molecule has 33 heavy (non-hydrogen) atoms. The number of hydrogen-bond acceptors (Lipinski definition) is 7. The lowest BCUT2D eigenvalue weighted by Gasteiger charge is -2.16. The van der Waals surface area contributed by atoms with Crippen molar-refractivity contribution in [2.75, 3.05) is 31.6 Å². The van der Waals surface area contributed by atoms with Gasteiger partial charge in [-0.15, -0.1) is 0 Å². The van der Waals surface area contributed by atoms with Crippen molar-refractivity contribution in [3.63, 3.8) is 0 Å². The lowest BCUT2D eigenvalue weighted by atomic mass is 10.1. The van der Waals surface area contributed by atoms with Gasteiger partial charge in [-0.1, -0.05) is 0 Å². The Labute approximate surface area is 191 Å². The van der Waals surface area contributed by atoms with E-state index in [1.807, 2.05) is 37.3 Å². The van der Waals surface area contributed by atoms with Crippen LogP contribution in [-0.2, 0) is 0 Å². The third-order valence-electron chi connectivity index (χ3n) is 5.91. The summed E-state index contributed by atoms with van der Waals surface area (Å²) < 4.78 is 6.02. The maximum absolute atomic E-state index is 12.6. The van der Waals surface area contributed by atoms with Crippen molar-refractivity contribution in [2.24, 2.45) is 0 Å². The van der Waals surface area contributed by atoms with Gasteiger partial charge in [0.05, 0.1) is 11.1 Å². The van der Waals surface area contributed by atoms with E-state index in [0.29, 0.717) is 23.5 Å². The summed E-state index contributed by atoms with van der Waals surface area (Å²) in [6, 6.07) is 9.65. The second-order valence-corrected chi connectivity index (χ2v) is 8.26. The van der Waals surface area contributed by atoms with Gasteiger partial charge in [0, 0.05) is 36.4 Å². The molecule has 0 atom stereocenters. The van der Waals surface area contributed by atoms with Gasteiger partial charge in [-0.25, -0.2) is 15.0 Å². The highest BCUT2D eigenvalue weighted by Gasteiger charge is 2.13. The van der Waals surface area contributed by atoms with Crippen LogP contribution < -0.4 is 15.6 Å². The molecular formula is C25H26N6O2. The Kier molecular flexibility index (Phi) is 5.99. The number of nitrogens with zero attached hydrogens (tertiary/aromatic N) is 4. The number of nitrogens with one attached hydrogen (secondary N) is 2. The highest BCUT2D eigenvalue weighted by molar-refractivity contribution is 5.95. The number of pyridine rings is 2. The first-order chi connectivity index (χ1) is 16.2. The van der Waals surface area contributed by atoms with E-state index in [0.717, 1.165) is 34.5 Å². The highest BCUT2D eigenvalue weighted by atomic mass is 16.5. The summed E-state index contributed by atoms with van der Waals surface area (Å²) in [4.78, 5) is 30.7. The molecule has 0 amide bonds. The van der Waals surface area contributed by atoms with Crippen LogP contribution in [0.5, 0.6) is 5.75 Å². The molecule has 0 aliphatic carbocycles. The first-order valence-corrected chi connectivity index (χ1v) is 11.2. The fraction of sp³-hybridized carbons (Fsp3) is 0.280. The van der Waals surface area contributed by atoms with Crippen molar-refractivity contribution in [3.05, 3.63) is 71.2 Å². The van der Waals surface area contributed by atoms with E-state index in [1.54, 1.807) is 18.6 Å². The van der Waals surface area contributed by atoms with Crippen LogP contribution in [0.15, 0.2) is 60.0 Å². The van der Waals surface area contributed by atoms with Gasteiger partial charge < -0.3 is 15.0 Å². The molecule has 4 heterocycles. The quantitative estimate of drug-likeness (QED) is 0.448. The van der Waals surface area contributed by atoms with E-state index in [9.17, 15) is 4.79 Å². The summed E-state index contributed by atoms with van der Waals surface area (Å²) in [5.74, 6) is 1.35. The number of anilines is 2. The van der Waals surface area contributed by atoms with Gasteiger partial charge in [0.1, 0.15) is 24.5 Å². The number of ether oxygens (including phenoxy) is 1. The predicted octanol–water partition coefficient (Wildman–Crippen LogP) is 3.91. The summed E-state index contributed by atoms with van der Waals surface area (Å²) in [7, 11) is 0. The zero-order chi connectivity index (χ0) is 22.6. The van der Waals surface area contributed by atoms with Gasteiger partial charge in [-0.3, -0.25) is 9.69 Å². The number of likely N-dealkylation sites (tertiary alicyclic amines) is 1. The van der Waals surface area contributed by atoms with Crippen LogP contribution in [0.1, 0.15) is 18.4 Å². The summed E-state index contributed by atoms with van der Waals surface area (Å²) in [5, 5.41) is 4.62. The standard InChI is InChI=1S/C25H26N6O2/c1-17-12-20(4-5-22(17)33-11-10-31-8-2-3-9-31)29-24-23-18(6-7-28-25(23)32)13-21(30-24)19-14-26-16-27-15-19/h4-7,12-16H,2-3,8-11H2,1H3,(H,28,32)(H,29,30). The number of rotatable bonds is 7. The maximum Gasteiger partial charge on any atom is 0.259 e. The van der Waals surface area contributed by atoms with Crippen molar-refractivity contribution >= 4 is 22.3 Å². The first kappa shape index (κ1) is 21.1. The third-order valence-corrected chi connectivity index (χ3v) is 5.91. The number of aromatic amines is 1. The lowest BCUT2D eigenvalue weighted by molar-refractivity contribution is 0.237. The molecule has 0 radical (unpaired) electrons. The van der Waals surface area contributed by atoms with Crippen LogP contribution in [0.2, 0.25) is 0 Å². The molecule has 1 aromatic carbocycles. The summed E-state index contributed by atoms with van der Waals surface area (Å²) in [6.45, 7) is 5.98. The predicted molar refractivity (Wildman–Crippen MR) is 129 cm³/mol. The van der Waals surface area contributed by atoms with E-state index in [4.69, 9.17) is 9.72 Å². The largest absolute Gasteiger partial charge is 0.492 e. The van der Waals surface area contributed by atoms with Gasteiger partial charge in [0.2, 0.25) is 0 Å². The number of aryl methyl sites for hydroxylation is 1. The molecule has 0 saturated carbocycles. The average Bonchev–Trinajstić information content (AvgIpc) is 3.34. The minimum absolute atomic E-state index is 0.197. The first-order valence-electron chi connectivity index (χ1n) is 11.2. The van der Waals surface area contributed by atoms with Gasteiger partial charge in [0.25, 0.3) is 5.56 Å². The number of H-pyrrole nitrogens is 1. The third kappa shape index (κ3) is 4.70. The molecule has 8 heteroatoms. The molecule has 1 aliphatic heterocycles. The van der Waals surface area contributed by atoms with Crippen LogP contribution in [0, 0.1) is 6.92 Å². The Morgan fingerprint density at radius 2 is 1.94 bits per heavy atom. The molecule has 2 N–H and O–H groups in total. The van der Waals surface area contributed by atoms with E-state index in [2.05, 4.69) is 25.2 Å². The number of hydrogen-bond donors (Lipinski definition) is 2. The fourth-order valence-electron chi connectivity index (χ4n) is 4.20. The fourth-order valence-corrected chi connectivity index (χ4v) is 4.20. The molecular weight excluding hydrogens is 416 g/mol. The minimum Gasteiger partial charge on any atom is -0.492 e. The van der Waals surface area contributed by atoms with E-state index < -0.39 is 0 Å². The zero-order valence-electron chi connectivity index (χ0n) is 18.5. The number of aromatic nitrogens is 4. The lowest BCUT2D eigenvalue weighted by Crippen LogP contribution is -2.25. The van der Waals surface area contributed by atoms with Gasteiger partial charge in [-0.2, -0.15) is 0 Å². The second kappa shape index (κ2) is 9.38. The SMILES string of the molecule is Cc1cc(Nc2nc(-c3cncnc3)cc3cc[nH]c(=O)c23)ccc1OCCN1CCCC1. The molecule has 0 bridgehead atoms. The van der Waals surface area contributed by atoms with Crippen molar-refractivity contribution < 1.29 is 4.74 Å². The van der Waals surface area contributed by atoms with Crippen molar-refractivity contribution in [1.29, 1.82) is 0 Å². The van der Waals surface area contributed by atoms with Crippen LogP contribution >= 0.6 is 0 Å². The van der Waals surface area contributed by atoms with Gasteiger partial charge in [0.15, 0.2) is 0 Å². The highest BCUT2D eigenvalue weighted by Crippen LogP contribution is 2.29. The summed E-state index contributed by atoms with van der Waals surface area (Å²) >= 11 is 0. The van der Waals surface area contributed by atoms with Crippen LogP contribution in [0.25, 0.3) is 22.0 Å². The van der Waals surface area contributed by atoms with E-state index >= 15 is 0 Å².